The van der Waals surface area contributed by atoms with Crippen molar-refractivity contribution in [2.75, 3.05) is 0 Å². The smallest absolute Gasteiger partial charge is 0.133 e. The van der Waals surface area contributed by atoms with Crippen LogP contribution in [-0.2, 0) is 0 Å². The van der Waals surface area contributed by atoms with Gasteiger partial charge in [0.05, 0.1) is 0 Å². The predicted octanol–water partition coefficient (Wildman–Crippen LogP) is 4.44. The fourth-order valence-electron chi connectivity index (χ4n) is 2.45. The minimum absolute atomic E-state index is 0.662. The van der Waals surface area contributed by atoms with E-state index in [1.54, 1.807) is 0 Å². The molecule has 0 aliphatic carbocycles. The third-order valence-corrected chi connectivity index (χ3v) is 3.59. The van der Waals surface area contributed by atoms with Crippen LogP contribution in [0.15, 0.2) is 48.7 Å². The van der Waals surface area contributed by atoms with Gasteiger partial charge in [-0.15, -0.1) is 0 Å². The molecule has 0 N–H and O–H groups in total. The number of fused-ring (bicyclic) bond motifs is 1. The summed E-state index contributed by atoms with van der Waals surface area (Å²) in [5.41, 5.74) is 4.83. The quantitative estimate of drug-likeness (QED) is 0.640. The zero-order chi connectivity index (χ0) is 13.4. The van der Waals surface area contributed by atoms with E-state index in [1.165, 1.54) is 0 Å². The summed E-state index contributed by atoms with van der Waals surface area (Å²) in [4.78, 5) is 0. The molecule has 0 radical (unpaired) electrons. The topological polar surface area (TPSA) is 28.2 Å². The van der Waals surface area contributed by atoms with Crippen LogP contribution in [0.5, 0.6) is 0 Å². The average molecular weight is 267 g/mol. The van der Waals surface area contributed by atoms with Crippen LogP contribution >= 0.6 is 11.6 Å². The number of aromatic nitrogens is 1. The van der Waals surface area contributed by atoms with Crippen molar-refractivity contribution < 1.29 is 0 Å². The minimum atomic E-state index is 0.662. The molecule has 19 heavy (non-hydrogen) atoms. The van der Waals surface area contributed by atoms with Gasteiger partial charge < -0.3 is 4.40 Å². The Labute approximate surface area is 116 Å². The predicted molar refractivity (Wildman–Crippen MR) is 77.3 cm³/mol. The van der Waals surface area contributed by atoms with Gasteiger partial charge in [-0.05, 0) is 42.3 Å². The fraction of sp³-hybridized carbons (Fsp3) is 0.0625. The molecule has 0 atom stereocenters. The highest BCUT2D eigenvalue weighted by Gasteiger charge is 2.15. The highest BCUT2D eigenvalue weighted by Crippen LogP contribution is 2.32. The van der Waals surface area contributed by atoms with Gasteiger partial charge in [0.15, 0.2) is 0 Å². The maximum absolute atomic E-state index is 9.45. The van der Waals surface area contributed by atoms with E-state index in [0.29, 0.717) is 10.7 Å². The van der Waals surface area contributed by atoms with Crippen molar-refractivity contribution in [2.45, 2.75) is 6.92 Å². The second kappa shape index (κ2) is 4.46. The van der Waals surface area contributed by atoms with E-state index in [0.717, 1.165) is 22.2 Å². The first kappa shape index (κ1) is 11.8. The number of pyridine rings is 1. The largest absolute Gasteiger partial charge is 0.307 e. The summed E-state index contributed by atoms with van der Waals surface area (Å²) in [6, 6.07) is 15.8. The van der Waals surface area contributed by atoms with Gasteiger partial charge in [0, 0.05) is 22.3 Å². The number of aryl methyl sites for hydroxylation is 1. The van der Waals surface area contributed by atoms with Crippen LogP contribution in [0.3, 0.4) is 0 Å². The molecule has 0 bridgehead atoms. The summed E-state index contributed by atoms with van der Waals surface area (Å²) >= 11 is 5.92. The molecule has 0 unspecified atom stereocenters. The monoisotopic (exact) mass is 266 g/mol. The van der Waals surface area contributed by atoms with E-state index >= 15 is 0 Å². The summed E-state index contributed by atoms with van der Waals surface area (Å²) < 4.78 is 1.93. The molecule has 2 heterocycles. The van der Waals surface area contributed by atoms with Gasteiger partial charge in [-0.2, -0.15) is 5.26 Å². The Morgan fingerprint density at radius 1 is 1.11 bits per heavy atom. The molecule has 1 aromatic carbocycles. The van der Waals surface area contributed by atoms with Gasteiger partial charge in [-0.25, -0.2) is 0 Å². The number of nitriles is 1. The fourth-order valence-corrected chi connectivity index (χ4v) is 2.58. The summed E-state index contributed by atoms with van der Waals surface area (Å²) in [5.74, 6) is 0. The molecule has 92 valence electrons. The van der Waals surface area contributed by atoms with E-state index < -0.39 is 0 Å². The molecule has 0 spiro atoms. The molecule has 2 nitrogen and oxygen atoms in total. The van der Waals surface area contributed by atoms with Crippen LogP contribution in [0.1, 0.15) is 11.3 Å². The molecule has 0 fully saturated rings. The molecular formula is C16H11ClN2. The van der Waals surface area contributed by atoms with Gasteiger partial charge in [0.2, 0.25) is 0 Å². The van der Waals surface area contributed by atoms with Crippen molar-refractivity contribution in [3.05, 3.63) is 64.9 Å². The lowest BCUT2D eigenvalue weighted by atomic mass is 10.0. The number of nitrogens with zero attached hydrogens (tertiary/aromatic N) is 2. The van der Waals surface area contributed by atoms with Crippen LogP contribution < -0.4 is 0 Å². The first-order chi connectivity index (χ1) is 9.22. The Hall–Kier alpha value is -2.24. The Bertz CT molecular complexity index is 792. The SMILES string of the molecule is Cc1c(-c2ccc(Cl)cc2)c(C#N)n2ccccc12. The Morgan fingerprint density at radius 3 is 2.53 bits per heavy atom. The second-order valence-corrected chi connectivity index (χ2v) is 4.86. The molecular weight excluding hydrogens is 256 g/mol. The molecule has 0 amide bonds. The summed E-state index contributed by atoms with van der Waals surface area (Å²) in [5, 5.41) is 10.1. The van der Waals surface area contributed by atoms with Crippen LogP contribution in [0, 0.1) is 18.3 Å². The number of benzene rings is 1. The highest BCUT2D eigenvalue weighted by molar-refractivity contribution is 6.30. The van der Waals surface area contributed by atoms with E-state index in [-0.39, 0.29) is 0 Å². The lowest BCUT2D eigenvalue weighted by Gasteiger charge is -2.01. The Balaban J connectivity index is 2.38. The van der Waals surface area contributed by atoms with Crippen LogP contribution in [0.4, 0.5) is 0 Å². The summed E-state index contributed by atoms with van der Waals surface area (Å²) in [6.07, 6.45) is 1.92. The molecule has 3 rings (SSSR count). The molecule has 3 aromatic rings. The van der Waals surface area contributed by atoms with Gasteiger partial charge in [-0.1, -0.05) is 29.8 Å². The minimum Gasteiger partial charge on any atom is -0.307 e. The van der Waals surface area contributed by atoms with E-state index in [2.05, 4.69) is 6.07 Å². The van der Waals surface area contributed by atoms with E-state index in [9.17, 15) is 5.26 Å². The number of halogens is 1. The van der Waals surface area contributed by atoms with Gasteiger partial charge in [0.1, 0.15) is 11.8 Å². The maximum atomic E-state index is 9.45. The van der Waals surface area contributed by atoms with Crippen LogP contribution in [0.25, 0.3) is 16.6 Å². The Kier molecular flexibility index (Phi) is 2.77. The summed E-state index contributed by atoms with van der Waals surface area (Å²) in [6.45, 7) is 2.04. The zero-order valence-electron chi connectivity index (χ0n) is 10.4. The standard InChI is InChI=1S/C16H11ClN2/c1-11-14-4-2-3-9-19(14)15(10-18)16(11)12-5-7-13(17)8-6-12/h2-9H,1H3. The maximum Gasteiger partial charge on any atom is 0.133 e. The Morgan fingerprint density at radius 2 is 1.84 bits per heavy atom. The first-order valence-electron chi connectivity index (χ1n) is 5.98. The lowest BCUT2D eigenvalue weighted by molar-refractivity contribution is 1.16. The van der Waals surface area contributed by atoms with E-state index in [4.69, 9.17) is 11.6 Å². The van der Waals surface area contributed by atoms with Crippen molar-refractivity contribution in [3.63, 3.8) is 0 Å². The van der Waals surface area contributed by atoms with Crippen molar-refractivity contribution in [2.24, 2.45) is 0 Å². The molecule has 0 aliphatic rings. The van der Waals surface area contributed by atoms with E-state index in [1.807, 2.05) is 60.0 Å². The van der Waals surface area contributed by atoms with Crippen LogP contribution in [0.2, 0.25) is 5.02 Å². The third kappa shape index (κ3) is 1.80. The normalized spacial score (nSPS) is 10.6. The number of hydrogen-bond donors (Lipinski definition) is 0. The lowest BCUT2D eigenvalue weighted by Crippen LogP contribution is -1.87. The molecule has 3 heteroatoms. The van der Waals surface area contributed by atoms with Gasteiger partial charge in [0.25, 0.3) is 0 Å². The number of rotatable bonds is 1. The van der Waals surface area contributed by atoms with Crippen molar-refractivity contribution in [1.29, 1.82) is 5.26 Å². The van der Waals surface area contributed by atoms with Crippen molar-refractivity contribution >= 4 is 17.1 Å². The molecule has 0 saturated carbocycles. The molecule has 0 saturated heterocycles. The van der Waals surface area contributed by atoms with Crippen LogP contribution in [-0.4, -0.2) is 4.40 Å². The molecule has 2 aromatic heterocycles. The third-order valence-electron chi connectivity index (χ3n) is 3.34. The van der Waals surface area contributed by atoms with Crippen molar-refractivity contribution in [3.8, 4) is 17.2 Å². The van der Waals surface area contributed by atoms with Gasteiger partial charge >= 0.3 is 0 Å². The van der Waals surface area contributed by atoms with Gasteiger partial charge in [-0.3, -0.25) is 0 Å². The summed E-state index contributed by atoms with van der Waals surface area (Å²) in [7, 11) is 0. The zero-order valence-corrected chi connectivity index (χ0v) is 11.1. The molecule has 0 aliphatic heterocycles. The highest BCUT2D eigenvalue weighted by atomic mass is 35.5. The average Bonchev–Trinajstić information content (AvgIpc) is 2.73. The first-order valence-corrected chi connectivity index (χ1v) is 6.36. The second-order valence-electron chi connectivity index (χ2n) is 4.42. The number of hydrogen-bond acceptors (Lipinski definition) is 1. The van der Waals surface area contributed by atoms with Crippen molar-refractivity contribution in [1.82, 2.24) is 4.40 Å².